The Balaban J connectivity index is 1.71. The predicted molar refractivity (Wildman–Crippen MR) is 82.3 cm³/mol. The van der Waals surface area contributed by atoms with E-state index < -0.39 is 0 Å². The summed E-state index contributed by atoms with van der Waals surface area (Å²) in [6.07, 6.45) is 5.01. The van der Waals surface area contributed by atoms with Crippen LogP contribution in [0.5, 0.6) is 0 Å². The molecule has 0 aliphatic carbocycles. The lowest BCUT2D eigenvalue weighted by Gasteiger charge is -2.15. The molecule has 6 heteroatoms. The minimum absolute atomic E-state index is 0.102. The summed E-state index contributed by atoms with van der Waals surface area (Å²) in [5.41, 5.74) is 2.65. The summed E-state index contributed by atoms with van der Waals surface area (Å²) in [5, 5.41) is 19.8. The molecule has 0 fully saturated rings. The van der Waals surface area contributed by atoms with Gasteiger partial charge in [0.2, 0.25) is 0 Å². The van der Waals surface area contributed by atoms with Gasteiger partial charge < -0.3 is 5.32 Å². The van der Waals surface area contributed by atoms with E-state index in [1.165, 1.54) is 0 Å². The number of hydrogen-bond acceptors (Lipinski definition) is 5. The van der Waals surface area contributed by atoms with E-state index in [2.05, 4.69) is 33.6 Å². The molecule has 6 nitrogen and oxygen atoms in total. The molecule has 0 amide bonds. The van der Waals surface area contributed by atoms with Crippen molar-refractivity contribution in [2.75, 3.05) is 5.32 Å². The Morgan fingerprint density at radius 1 is 1.18 bits per heavy atom. The third-order valence-electron chi connectivity index (χ3n) is 3.34. The second-order valence-corrected chi connectivity index (χ2v) is 4.85. The first kappa shape index (κ1) is 13.8. The Morgan fingerprint density at radius 3 is 2.59 bits per heavy atom. The van der Waals surface area contributed by atoms with Crippen molar-refractivity contribution in [1.82, 2.24) is 20.0 Å². The summed E-state index contributed by atoms with van der Waals surface area (Å²) in [4.78, 5) is 4.22. The standard InChI is InChI=1S/C16H14N6/c1-12(20-16-7-2-13(10-17)11-18-16)14-3-5-15(6-4-14)22-9-8-19-21-22/h2-9,11-12H,1H3,(H,18,20). The van der Waals surface area contributed by atoms with Gasteiger partial charge in [-0.3, -0.25) is 0 Å². The molecule has 0 spiro atoms. The van der Waals surface area contributed by atoms with Crippen LogP contribution in [0.2, 0.25) is 0 Å². The van der Waals surface area contributed by atoms with E-state index in [0.717, 1.165) is 17.1 Å². The number of hydrogen-bond donors (Lipinski definition) is 1. The van der Waals surface area contributed by atoms with Gasteiger partial charge in [0.15, 0.2) is 0 Å². The third kappa shape index (κ3) is 2.94. The first-order valence-corrected chi connectivity index (χ1v) is 6.85. The smallest absolute Gasteiger partial charge is 0.126 e. The molecule has 0 saturated carbocycles. The van der Waals surface area contributed by atoms with Gasteiger partial charge in [-0.05, 0) is 36.8 Å². The molecular weight excluding hydrogens is 276 g/mol. The Kier molecular flexibility index (Phi) is 3.79. The SMILES string of the molecule is CC(Nc1ccc(C#N)cn1)c1ccc(-n2ccnn2)cc1. The van der Waals surface area contributed by atoms with Gasteiger partial charge in [-0.25, -0.2) is 9.67 Å². The number of nitrogens with one attached hydrogen (secondary N) is 1. The quantitative estimate of drug-likeness (QED) is 0.799. The van der Waals surface area contributed by atoms with E-state index in [9.17, 15) is 0 Å². The highest BCUT2D eigenvalue weighted by Crippen LogP contribution is 2.19. The number of anilines is 1. The second kappa shape index (κ2) is 6.06. The maximum atomic E-state index is 8.77. The molecule has 0 radical (unpaired) electrons. The monoisotopic (exact) mass is 290 g/mol. The number of nitrogens with zero attached hydrogens (tertiary/aromatic N) is 5. The number of nitriles is 1. The molecule has 1 unspecified atom stereocenters. The lowest BCUT2D eigenvalue weighted by Crippen LogP contribution is -2.08. The third-order valence-corrected chi connectivity index (χ3v) is 3.34. The van der Waals surface area contributed by atoms with E-state index in [1.54, 1.807) is 35.4 Å². The average molecular weight is 290 g/mol. The normalized spacial score (nSPS) is 11.6. The van der Waals surface area contributed by atoms with E-state index in [0.29, 0.717) is 5.56 Å². The van der Waals surface area contributed by atoms with Crippen LogP contribution >= 0.6 is 0 Å². The van der Waals surface area contributed by atoms with Gasteiger partial charge >= 0.3 is 0 Å². The van der Waals surface area contributed by atoms with Crippen LogP contribution < -0.4 is 5.32 Å². The van der Waals surface area contributed by atoms with E-state index >= 15 is 0 Å². The lowest BCUT2D eigenvalue weighted by atomic mass is 10.1. The minimum atomic E-state index is 0.102. The molecule has 0 aliphatic heterocycles. The molecule has 2 aromatic heterocycles. The fraction of sp³-hybridized carbons (Fsp3) is 0.125. The maximum Gasteiger partial charge on any atom is 0.126 e. The van der Waals surface area contributed by atoms with Crippen molar-refractivity contribution in [3.63, 3.8) is 0 Å². The van der Waals surface area contributed by atoms with E-state index in [1.807, 2.05) is 24.3 Å². The van der Waals surface area contributed by atoms with Gasteiger partial charge in [0.25, 0.3) is 0 Å². The molecule has 3 rings (SSSR count). The minimum Gasteiger partial charge on any atom is -0.364 e. The Hall–Kier alpha value is -3.20. The van der Waals surface area contributed by atoms with Crippen molar-refractivity contribution in [3.8, 4) is 11.8 Å². The van der Waals surface area contributed by atoms with Crippen LogP contribution in [0.1, 0.15) is 24.1 Å². The largest absolute Gasteiger partial charge is 0.364 e. The molecule has 2 heterocycles. The van der Waals surface area contributed by atoms with Gasteiger partial charge in [-0.1, -0.05) is 17.3 Å². The zero-order valence-corrected chi connectivity index (χ0v) is 12.0. The van der Waals surface area contributed by atoms with Crippen molar-refractivity contribution in [2.24, 2.45) is 0 Å². The summed E-state index contributed by atoms with van der Waals surface area (Å²) < 4.78 is 1.71. The van der Waals surface area contributed by atoms with Crippen LogP contribution in [-0.4, -0.2) is 20.0 Å². The Morgan fingerprint density at radius 2 is 2.00 bits per heavy atom. The summed E-state index contributed by atoms with van der Waals surface area (Å²) in [6, 6.07) is 13.8. The van der Waals surface area contributed by atoms with Gasteiger partial charge in [0.05, 0.1) is 23.6 Å². The van der Waals surface area contributed by atoms with Crippen molar-refractivity contribution < 1.29 is 0 Å². The number of benzene rings is 1. The number of aromatic nitrogens is 4. The summed E-state index contributed by atoms with van der Waals surface area (Å²) in [5.74, 6) is 0.742. The zero-order valence-electron chi connectivity index (χ0n) is 12.0. The molecule has 0 saturated heterocycles. The average Bonchev–Trinajstić information content (AvgIpc) is 3.10. The predicted octanol–water partition coefficient (Wildman–Crippen LogP) is 2.71. The lowest BCUT2D eigenvalue weighted by molar-refractivity contribution is 0.800. The molecule has 22 heavy (non-hydrogen) atoms. The molecule has 1 aromatic carbocycles. The van der Waals surface area contributed by atoms with Crippen LogP contribution in [-0.2, 0) is 0 Å². The van der Waals surface area contributed by atoms with Gasteiger partial charge in [0.1, 0.15) is 11.9 Å². The van der Waals surface area contributed by atoms with Crippen molar-refractivity contribution in [3.05, 3.63) is 66.1 Å². The fourth-order valence-electron chi connectivity index (χ4n) is 2.11. The highest BCUT2D eigenvalue weighted by atomic mass is 15.4. The first-order valence-electron chi connectivity index (χ1n) is 6.85. The Labute approximate surface area is 128 Å². The number of rotatable bonds is 4. The molecule has 0 aliphatic rings. The first-order chi connectivity index (χ1) is 10.8. The van der Waals surface area contributed by atoms with Crippen molar-refractivity contribution in [1.29, 1.82) is 5.26 Å². The topological polar surface area (TPSA) is 79.4 Å². The molecular formula is C16H14N6. The summed E-state index contributed by atoms with van der Waals surface area (Å²) >= 11 is 0. The van der Waals surface area contributed by atoms with Gasteiger partial charge in [-0.2, -0.15) is 5.26 Å². The van der Waals surface area contributed by atoms with E-state index in [-0.39, 0.29) is 6.04 Å². The fourth-order valence-corrected chi connectivity index (χ4v) is 2.11. The zero-order chi connectivity index (χ0) is 15.4. The maximum absolute atomic E-state index is 8.77. The van der Waals surface area contributed by atoms with Crippen molar-refractivity contribution >= 4 is 5.82 Å². The van der Waals surface area contributed by atoms with Crippen LogP contribution in [0, 0.1) is 11.3 Å². The molecule has 108 valence electrons. The van der Waals surface area contributed by atoms with Gasteiger partial charge in [-0.15, -0.1) is 5.10 Å². The number of pyridine rings is 1. The van der Waals surface area contributed by atoms with Crippen LogP contribution in [0.25, 0.3) is 5.69 Å². The summed E-state index contributed by atoms with van der Waals surface area (Å²) in [6.45, 7) is 2.06. The molecule has 3 aromatic rings. The molecule has 0 bridgehead atoms. The second-order valence-electron chi connectivity index (χ2n) is 4.85. The van der Waals surface area contributed by atoms with Crippen LogP contribution in [0.4, 0.5) is 5.82 Å². The van der Waals surface area contributed by atoms with E-state index in [4.69, 9.17) is 5.26 Å². The molecule has 1 N–H and O–H groups in total. The van der Waals surface area contributed by atoms with Crippen molar-refractivity contribution in [2.45, 2.75) is 13.0 Å². The highest BCUT2D eigenvalue weighted by molar-refractivity contribution is 5.42. The highest BCUT2D eigenvalue weighted by Gasteiger charge is 2.07. The summed E-state index contributed by atoms with van der Waals surface area (Å²) in [7, 11) is 0. The Bertz CT molecular complexity index is 769. The van der Waals surface area contributed by atoms with Crippen LogP contribution in [0.3, 0.4) is 0 Å². The van der Waals surface area contributed by atoms with Crippen LogP contribution in [0.15, 0.2) is 55.0 Å². The van der Waals surface area contributed by atoms with Gasteiger partial charge in [0, 0.05) is 12.2 Å². The molecule has 1 atom stereocenters.